The molecule has 1 fully saturated rings. The highest BCUT2D eigenvalue weighted by Crippen LogP contribution is 2.51. The maximum absolute atomic E-state index is 10.5. The molecule has 0 aromatic heterocycles. The lowest BCUT2D eigenvalue weighted by Gasteiger charge is -2.33. The first-order valence-electron chi connectivity index (χ1n) is 7.72. The first-order valence-corrected chi connectivity index (χ1v) is 7.72. The van der Waals surface area contributed by atoms with Gasteiger partial charge in [-0.05, 0) is 41.0 Å². The van der Waals surface area contributed by atoms with Crippen LogP contribution in [0.25, 0.3) is 11.1 Å². The van der Waals surface area contributed by atoms with Gasteiger partial charge in [-0.1, -0.05) is 61.4 Å². The van der Waals surface area contributed by atoms with E-state index in [1.54, 1.807) is 0 Å². The lowest BCUT2D eigenvalue weighted by atomic mass is 9.74. The Hall–Kier alpha value is -1.60. The van der Waals surface area contributed by atoms with Gasteiger partial charge in [0.05, 0.1) is 6.10 Å². The number of hydrogen-bond acceptors (Lipinski definition) is 1. The first kappa shape index (κ1) is 12.2. The molecule has 0 radical (unpaired) electrons. The predicted octanol–water partition coefficient (Wildman–Crippen LogP) is 4.35. The summed E-state index contributed by atoms with van der Waals surface area (Å²) in [6.07, 6.45) is 4.39. The molecular formula is C19H20O. The van der Waals surface area contributed by atoms with Crippen molar-refractivity contribution in [2.45, 2.75) is 37.7 Å². The van der Waals surface area contributed by atoms with Gasteiger partial charge in [0.2, 0.25) is 0 Å². The topological polar surface area (TPSA) is 20.2 Å². The van der Waals surface area contributed by atoms with E-state index in [0.29, 0.717) is 11.8 Å². The van der Waals surface area contributed by atoms with Crippen LogP contribution in [-0.2, 0) is 0 Å². The minimum absolute atomic E-state index is 0.145. The molecule has 2 aliphatic carbocycles. The van der Waals surface area contributed by atoms with Crippen molar-refractivity contribution < 1.29 is 5.11 Å². The predicted molar refractivity (Wildman–Crippen MR) is 81.7 cm³/mol. The van der Waals surface area contributed by atoms with Crippen LogP contribution in [0.2, 0.25) is 0 Å². The quantitative estimate of drug-likeness (QED) is 0.812. The standard InChI is InChI=1S/C19H20O/c20-18-12-6-5-11-17(18)19-15-9-3-1-7-13(15)14-8-2-4-10-16(14)19/h1-4,7-10,17-20H,5-6,11-12H2/t17-,18-/m1/s1. The zero-order valence-electron chi connectivity index (χ0n) is 11.6. The molecule has 1 saturated carbocycles. The van der Waals surface area contributed by atoms with E-state index in [4.69, 9.17) is 0 Å². The third-order valence-electron chi connectivity index (χ3n) is 5.09. The monoisotopic (exact) mass is 264 g/mol. The molecule has 0 spiro atoms. The second-order valence-corrected chi connectivity index (χ2v) is 6.17. The van der Waals surface area contributed by atoms with Crippen LogP contribution in [0, 0.1) is 5.92 Å². The van der Waals surface area contributed by atoms with Crippen LogP contribution < -0.4 is 0 Å². The van der Waals surface area contributed by atoms with Gasteiger partial charge in [0, 0.05) is 5.92 Å². The summed E-state index contributed by atoms with van der Waals surface area (Å²) in [6, 6.07) is 17.5. The molecule has 102 valence electrons. The van der Waals surface area contributed by atoms with Gasteiger partial charge in [0.25, 0.3) is 0 Å². The fourth-order valence-corrected chi connectivity index (χ4v) is 4.18. The van der Waals surface area contributed by atoms with E-state index in [9.17, 15) is 5.11 Å². The molecule has 2 aromatic rings. The highest BCUT2D eigenvalue weighted by molar-refractivity contribution is 5.78. The number of aliphatic hydroxyl groups is 1. The zero-order chi connectivity index (χ0) is 13.5. The lowest BCUT2D eigenvalue weighted by molar-refractivity contribution is 0.0619. The van der Waals surface area contributed by atoms with E-state index >= 15 is 0 Å². The number of hydrogen-bond donors (Lipinski definition) is 1. The Bertz CT molecular complexity index is 586. The molecule has 2 aliphatic rings. The van der Waals surface area contributed by atoms with Crippen molar-refractivity contribution in [3.05, 3.63) is 59.7 Å². The molecule has 1 nitrogen and oxygen atoms in total. The summed E-state index contributed by atoms with van der Waals surface area (Å²) in [5, 5.41) is 10.5. The fourth-order valence-electron chi connectivity index (χ4n) is 4.18. The Balaban J connectivity index is 1.86. The van der Waals surface area contributed by atoms with Gasteiger partial charge in [0.15, 0.2) is 0 Å². The van der Waals surface area contributed by atoms with E-state index < -0.39 is 0 Å². The molecule has 2 atom stereocenters. The summed E-state index contributed by atoms with van der Waals surface area (Å²) in [5.41, 5.74) is 5.57. The number of fused-ring (bicyclic) bond motifs is 3. The summed E-state index contributed by atoms with van der Waals surface area (Å²) in [7, 11) is 0. The van der Waals surface area contributed by atoms with Gasteiger partial charge in [-0.3, -0.25) is 0 Å². The van der Waals surface area contributed by atoms with E-state index in [-0.39, 0.29) is 6.10 Å². The van der Waals surface area contributed by atoms with Crippen molar-refractivity contribution in [3.8, 4) is 11.1 Å². The summed E-state index contributed by atoms with van der Waals surface area (Å²) >= 11 is 0. The maximum Gasteiger partial charge on any atom is 0.0577 e. The van der Waals surface area contributed by atoms with E-state index in [1.165, 1.54) is 35.1 Å². The summed E-state index contributed by atoms with van der Waals surface area (Å²) in [6.45, 7) is 0. The minimum atomic E-state index is -0.145. The van der Waals surface area contributed by atoms with Crippen LogP contribution >= 0.6 is 0 Å². The molecule has 0 heterocycles. The SMILES string of the molecule is O[C@@H]1CCCC[C@H]1C1c2ccccc2-c2ccccc21. The molecule has 0 aliphatic heterocycles. The van der Waals surface area contributed by atoms with Gasteiger partial charge in [-0.2, -0.15) is 0 Å². The highest BCUT2D eigenvalue weighted by atomic mass is 16.3. The molecule has 4 rings (SSSR count). The van der Waals surface area contributed by atoms with E-state index in [0.717, 1.165) is 12.8 Å². The second-order valence-electron chi connectivity index (χ2n) is 6.17. The number of benzene rings is 2. The van der Waals surface area contributed by atoms with Gasteiger partial charge in [-0.15, -0.1) is 0 Å². The average molecular weight is 264 g/mol. The van der Waals surface area contributed by atoms with Gasteiger partial charge in [0.1, 0.15) is 0 Å². The van der Waals surface area contributed by atoms with Crippen LogP contribution in [0.5, 0.6) is 0 Å². The summed E-state index contributed by atoms with van der Waals surface area (Å²) < 4.78 is 0. The molecule has 0 saturated heterocycles. The van der Waals surface area contributed by atoms with Crippen LogP contribution in [0.1, 0.15) is 42.7 Å². The Morgan fingerprint density at radius 1 is 0.750 bits per heavy atom. The minimum Gasteiger partial charge on any atom is -0.393 e. The van der Waals surface area contributed by atoms with E-state index in [2.05, 4.69) is 48.5 Å². The van der Waals surface area contributed by atoms with Crippen molar-refractivity contribution in [1.29, 1.82) is 0 Å². The third kappa shape index (κ3) is 1.73. The van der Waals surface area contributed by atoms with Gasteiger partial charge in [-0.25, -0.2) is 0 Å². The largest absolute Gasteiger partial charge is 0.393 e. The van der Waals surface area contributed by atoms with Crippen molar-refractivity contribution >= 4 is 0 Å². The van der Waals surface area contributed by atoms with Crippen molar-refractivity contribution in [1.82, 2.24) is 0 Å². The zero-order valence-corrected chi connectivity index (χ0v) is 11.6. The van der Waals surface area contributed by atoms with Crippen LogP contribution in [0.4, 0.5) is 0 Å². The Labute approximate surface area is 120 Å². The van der Waals surface area contributed by atoms with Crippen molar-refractivity contribution in [2.24, 2.45) is 5.92 Å². The lowest BCUT2D eigenvalue weighted by Crippen LogP contribution is -2.29. The summed E-state index contributed by atoms with van der Waals surface area (Å²) in [5.74, 6) is 0.770. The maximum atomic E-state index is 10.5. The smallest absolute Gasteiger partial charge is 0.0577 e. The molecule has 2 aromatic carbocycles. The molecule has 0 amide bonds. The van der Waals surface area contributed by atoms with Gasteiger partial charge < -0.3 is 5.11 Å². The highest BCUT2D eigenvalue weighted by Gasteiger charge is 2.38. The first-order chi connectivity index (χ1) is 9.86. The van der Waals surface area contributed by atoms with Crippen LogP contribution in [-0.4, -0.2) is 11.2 Å². The second kappa shape index (κ2) is 4.75. The number of rotatable bonds is 1. The van der Waals surface area contributed by atoms with Crippen molar-refractivity contribution in [2.75, 3.05) is 0 Å². The average Bonchev–Trinajstić information content (AvgIpc) is 2.83. The number of aliphatic hydroxyl groups excluding tert-OH is 1. The van der Waals surface area contributed by atoms with E-state index in [1.807, 2.05) is 0 Å². The van der Waals surface area contributed by atoms with Crippen LogP contribution in [0.15, 0.2) is 48.5 Å². The Morgan fingerprint density at radius 3 is 1.90 bits per heavy atom. The molecule has 0 unspecified atom stereocenters. The third-order valence-corrected chi connectivity index (χ3v) is 5.09. The van der Waals surface area contributed by atoms with Gasteiger partial charge >= 0.3 is 0 Å². The van der Waals surface area contributed by atoms with Crippen molar-refractivity contribution in [3.63, 3.8) is 0 Å². The van der Waals surface area contributed by atoms with Crippen LogP contribution in [0.3, 0.4) is 0 Å². The normalized spacial score (nSPS) is 25.2. The molecule has 1 heteroatoms. The summed E-state index contributed by atoms with van der Waals surface area (Å²) in [4.78, 5) is 0. The Kier molecular flexibility index (Phi) is 2.89. The molecule has 20 heavy (non-hydrogen) atoms. The Morgan fingerprint density at radius 2 is 1.30 bits per heavy atom. The molecule has 1 N–H and O–H groups in total. The molecule has 0 bridgehead atoms. The molecular weight excluding hydrogens is 244 g/mol. The fraction of sp³-hybridized carbons (Fsp3) is 0.368.